The van der Waals surface area contributed by atoms with E-state index in [9.17, 15) is 0 Å². The average Bonchev–Trinajstić information content (AvgIpc) is 2.58. The van der Waals surface area contributed by atoms with Gasteiger partial charge in [0.25, 0.3) is 0 Å². The maximum absolute atomic E-state index is 5.67. The smallest absolute Gasteiger partial charge is 0.127 e. The Balaban J connectivity index is 0.000000704. The highest BCUT2D eigenvalue weighted by Crippen LogP contribution is 2.25. The van der Waals surface area contributed by atoms with Crippen molar-refractivity contribution in [1.29, 1.82) is 0 Å². The molecule has 3 heteroatoms. The minimum Gasteiger partial charge on any atom is -0.497 e. The van der Waals surface area contributed by atoms with Gasteiger partial charge in [-0.05, 0) is 48.5 Å². The summed E-state index contributed by atoms with van der Waals surface area (Å²) < 4.78 is 15.8. The Morgan fingerprint density at radius 3 is 0.957 bits per heavy atom. The molecule has 0 atom stereocenters. The maximum Gasteiger partial charge on any atom is 0.127 e. The van der Waals surface area contributed by atoms with E-state index >= 15 is 0 Å². The van der Waals surface area contributed by atoms with Crippen molar-refractivity contribution in [3.63, 3.8) is 0 Å². The molecule has 0 aliphatic carbocycles. The van der Waals surface area contributed by atoms with E-state index in [1.165, 1.54) is 12.8 Å². The SMILES string of the molecule is CCC.CCC.COc1ccc(Oc2ccc(OC)cc2)cc1. The molecule has 0 radical (unpaired) electrons. The normalized spacial score (nSPS) is 8.78. The van der Waals surface area contributed by atoms with E-state index in [2.05, 4.69) is 27.7 Å². The van der Waals surface area contributed by atoms with Gasteiger partial charge in [0.1, 0.15) is 23.0 Å². The van der Waals surface area contributed by atoms with Gasteiger partial charge in [0, 0.05) is 0 Å². The number of hydrogen-bond acceptors (Lipinski definition) is 3. The Kier molecular flexibility index (Phi) is 12.2. The highest BCUT2D eigenvalue weighted by atomic mass is 16.5. The highest BCUT2D eigenvalue weighted by Gasteiger charge is 1.98. The van der Waals surface area contributed by atoms with Gasteiger partial charge >= 0.3 is 0 Å². The van der Waals surface area contributed by atoms with Crippen LogP contribution in [0.1, 0.15) is 40.5 Å². The van der Waals surface area contributed by atoms with Gasteiger partial charge in [0.15, 0.2) is 0 Å². The summed E-state index contributed by atoms with van der Waals surface area (Å²) in [7, 11) is 3.28. The average molecular weight is 318 g/mol. The molecular formula is C20H30O3. The fourth-order valence-electron chi connectivity index (χ4n) is 1.42. The quantitative estimate of drug-likeness (QED) is 0.659. The molecule has 0 unspecified atom stereocenters. The molecule has 2 aromatic rings. The van der Waals surface area contributed by atoms with E-state index in [-0.39, 0.29) is 0 Å². The van der Waals surface area contributed by atoms with Crippen molar-refractivity contribution in [2.24, 2.45) is 0 Å². The van der Waals surface area contributed by atoms with Crippen LogP contribution in [0, 0.1) is 0 Å². The van der Waals surface area contributed by atoms with Crippen LogP contribution in [-0.2, 0) is 0 Å². The molecule has 3 nitrogen and oxygen atoms in total. The zero-order valence-electron chi connectivity index (χ0n) is 15.3. The Labute approximate surface area is 141 Å². The fraction of sp³-hybridized carbons (Fsp3) is 0.400. The Morgan fingerprint density at radius 1 is 0.522 bits per heavy atom. The van der Waals surface area contributed by atoms with Crippen LogP contribution >= 0.6 is 0 Å². The van der Waals surface area contributed by atoms with Gasteiger partial charge in [-0.2, -0.15) is 0 Å². The molecule has 128 valence electrons. The minimum absolute atomic E-state index is 0.774. The Bertz CT molecular complexity index is 442. The first-order chi connectivity index (χ1) is 11.1. The molecule has 0 saturated carbocycles. The molecule has 0 aliphatic heterocycles. The van der Waals surface area contributed by atoms with Gasteiger partial charge < -0.3 is 14.2 Å². The van der Waals surface area contributed by atoms with Crippen molar-refractivity contribution < 1.29 is 14.2 Å². The molecule has 2 rings (SSSR count). The molecular weight excluding hydrogens is 288 g/mol. The lowest BCUT2D eigenvalue weighted by Crippen LogP contribution is -1.86. The van der Waals surface area contributed by atoms with Crippen molar-refractivity contribution in [3.05, 3.63) is 48.5 Å². The highest BCUT2D eigenvalue weighted by molar-refractivity contribution is 5.37. The summed E-state index contributed by atoms with van der Waals surface area (Å²) in [5, 5.41) is 0. The van der Waals surface area contributed by atoms with Crippen LogP contribution in [0.5, 0.6) is 23.0 Å². The molecule has 0 bridgehead atoms. The first-order valence-electron chi connectivity index (χ1n) is 8.10. The third-order valence-corrected chi connectivity index (χ3v) is 2.35. The summed E-state index contributed by atoms with van der Waals surface area (Å²) in [4.78, 5) is 0. The van der Waals surface area contributed by atoms with Crippen molar-refractivity contribution in [2.45, 2.75) is 40.5 Å². The first kappa shape index (κ1) is 20.8. The fourth-order valence-corrected chi connectivity index (χ4v) is 1.42. The van der Waals surface area contributed by atoms with E-state index < -0.39 is 0 Å². The number of hydrogen-bond donors (Lipinski definition) is 0. The molecule has 0 heterocycles. The predicted molar refractivity (Wildman–Crippen MR) is 98.0 cm³/mol. The summed E-state index contributed by atoms with van der Waals surface area (Å²) in [6, 6.07) is 14.9. The van der Waals surface area contributed by atoms with Gasteiger partial charge in [-0.25, -0.2) is 0 Å². The standard InChI is InChI=1S/C14H14O3.2C3H8/c1-15-11-3-7-13(8-4-11)17-14-9-5-12(16-2)6-10-14;2*1-3-2/h3-10H,1-2H3;2*3H2,1-2H3. The Morgan fingerprint density at radius 2 is 0.739 bits per heavy atom. The van der Waals surface area contributed by atoms with Crippen LogP contribution in [0.25, 0.3) is 0 Å². The van der Waals surface area contributed by atoms with Crippen molar-refractivity contribution >= 4 is 0 Å². The lowest BCUT2D eigenvalue weighted by molar-refractivity contribution is 0.411. The lowest BCUT2D eigenvalue weighted by atomic mass is 10.3. The lowest BCUT2D eigenvalue weighted by Gasteiger charge is -2.07. The first-order valence-corrected chi connectivity index (χ1v) is 8.10. The zero-order chi connectivity index (χ0) is 17.5. The van der Waals surface area contributed by atoms with Crippen LogP contribution in [0.2, 0.25) is 0 Å². The maximum atomic E-state index is 5.67. The molecule has 0 aromatic heterocycles. The predicted octanol–water partition coefficient (Wildman–Crippen LogP) is 6.33. The van der Waals surface area contributed by atoms with E-state index in [1.54, 1.807) is 14.2 Å². The van der Waals surface area contributed by atoms with Gasteiger partial charge in [-0.15, -0.1) is 0 Å². The van der Waals surface area contributed by atoms with Crippen LogP contribution in [-0.4, -0.2) is 14.2 Å². The third-order valence-electron chi connectivity index (χ3n) is 2.35. The van der Waals surface area contributed by atoms with Gasteiger partial charge in [-0.1, -0.05) is 40.5 Å². The van der Waals surface area contributed by atoms with E-state index in [4.69, 9.17) is 14.2 Å². The second kappa shape index (κ2) is 13.5. The van der Waals surface area contributed by atoms with Crippen molar-refractivity contribution in [1.82, 2.24) is 0 Å². The monoisotopic (exact) mass is 318 g/mol. The van der Waals surface area contributed by atoms with E-state index in [0.29, 0.717) is 0 Å². The zero-order valence-corrected chi connectivity index (χ0v) is 15.3. The molecule has 0 N–H and O–H groups in total. The van der Waals surface area contributed by atoms with Crippen molar-refractivity contribution in [2.75, 3.05) is 14.2 Å². The largest absolute Gasteiger partial charge is 0.497 e. The van der Waals surface area contributed by atoms with Gasteiger partial charge in [-0.3, -0.25) is 0 Å². The second-order valence-electron chi connectivity index (χ2n) is 4.87. The third kappa shape index (κ3) is 9.46. The van der Waals surface area contributed by atoms with Crippen LogP contribution in [0.15, 0.2) is 48.5 Å². The summed E-state index contributed by atoms with van der Waals surface area (Å²) in [5.41, 5.74) is 0. The molecule has 0 amide bonds. The number of rotatable bonds is 4. The van der Waals surface area contributed by atoms with E-state index in [0.717, 1.165) is 23.0 Å². The number of methoxy groups -OCH3 is 2. The summed E-state index contributed by atoms with van der Waals surface area (Å²) in [6.07, 6.45) is 2.50. The number of benzene rings is 2. The second-order valence-corrected chi connectivity index (χ2v) is 4.87. The van der Waals surface area contributed by atoms with E-state index in [1.807, 2.05) is 48.5 Å². The van der Waals surface area contributed by atoms with Crippen molar-refractivity contribution in [3.8, 4) is 23.0 Å². The number of ether oxygens (including phenoxy) is 3. The van der Waals surface area contributed by atoms with Gasteiger partial charge in [0.2, 0.25) is 0 Å². The molecule has 0 spiro atoms. The summed E-state index contributed by atoms with van der Waals surface area (Å²) in [6.45, 7) is 8.50. The molecule has 0 fully saturated rings. The molecule has 2 aromatic carbocycles. The van der Waals surface area contributed by atoms with Crippen LogP contribution in [0.4, 0.5) is 0 Å². The Hall–Kier alpha value is -2.16. The van der Waals surface area contributed by atoms with Crippen LogP contribution in [0.3, 0.4) is 0 Å². The molecule has 0 saturated heterocycles. The minimum atomic E-state index is 0.774. The van der Waals surface area contributed by atoms with Gasteiger partial charge in [0.05, 0.1) is 14.2 Å². The molecule has 23 heavy (non-hydrogen) atoms. The summed E-state index contributed by atoms with van der Waals surface area (Å²) in [5.74, 6) is 3.17. The summed E-state index contributed by atoms with van der Waals surface area (Å²) >= 11 is 0. The van der Waals surface area contributed by atoms with Crippen LogP contribution < -0.4 is 14.2 Å². The topological polar surface area (TPSA) is 27.7 Å². The molecule has 0 aliphatic rings.